The SMILES string of the molecule is CCOc1c(F)cc(F)c(F)c1F. The summed E-state index contributed by atoms with van der Waals surface area (Å²) in [7, 11) is 0. The highest BCUT2D eigenvalue weighted by Crippen LogP contribution is 2.25. The van der Waals surface area contributed by atoms with Crippen LogP contribution in [0.25, 0.3) is 0 Å². The fourth-order valence-corrected chi connectivity index (χ4v) is 0.826. The molecule has 0 heterocycles. The molecule has 0 saturated heterocycles. The van der Waals surface area contributed by atoms with Gasteiger partial charge in [0.1, 0.15) is 0 Å². The van der Waals surface area contributed by atoms with Gasteiger partial charge < -0.3 is 4.74 Å². The van der Waals surface area contributed by atoms with E-state index in [9.17, 15) is 17.6 Å². The van der Waals surface area contributed by atoms with E-state index < -0.39 is 29.0 Å². The Morgan fingerprint density at radius 1 is 1.08 bits per heavy atom. The molecule has 0 radical (unpaired) electrons. The first-order valence-corrected chi connectivity index (χ1v) is 3.53. The maximum Gasteiger partial charge on any atom is 0.206 e. The average Bonchev–Trinajstić information content (AvgIpc) is 2.09. The fraction of sp³-hybridized carbons (Fsp3) is 0.250. The molecule has 0 aliphatic carbocycles. The number of rotatable bonds is 2. The van der Waals surface area contributed by atoms with E-state index in [1.807, 2.05) is 0 Å². The third kappa shape index (κ3) is 1.74. The van der Waals surface area contributed by atoms with Crippen molar-refractivity contribution >= 4 is 0 Å². The Balaban J connectivity index is 3.26. The van der Waals surface area contributed by atoms with Crippen molar-refractivity contribution in [3.05, 3.63) is 29.3 Å². The minimum atomic E-state index is -1.73. The highest BCUT2D eigenvalue weighted by molar-refractivity contribution is 5.28. The largest absolute Gasteiger partial charge is 0.488 e. The molecular formula is C8H6F4O. The quantitative estimate of drug-likeness (QED) is 0.399. The Hall–Kier alpha value is -1.26. The molecule has 5 heteroatoms. The molecule has 1 nitrogen and oxygen atoms in total. The Morgan fingerprint density at radius 3 is 2.23 bits per heavy atom. The molecule has 0 N–H and O–H groups in total. The van der Waals surface area contributed by atoms with Gasteiger partial charge in [-0.1, -0.05) is 0 Å². The molecule has 0 aliphatic rings. The van der Waals surface area contributed by atoms with Gasteiger partial charge in [0.25, 0.3) is 0 Å². The van der Waals surface area contributed by atoms with Crippen LogP contribution in [0.2, 0.25) is 0 Å². The monoisotopic (exact) mass is 194 g/mol. The summed E-state index contributed by atoms with van der Waals surface area (Å²) in [5.74, 6) is -7.08. The van der Waals surface area contributed by atoms with Crippen molar-refractivity contribution in [3.8, 4) is 5.75 Å². The van der Waals surface area contributed by atoms with Gasteiger partial charge in [-0.2, -0.15) is 4.39 Å². The Bertz CT molecular complexity index is 324. The van der Waals surface area contributed by atoms with Crippen LogP contribution in [0.15, 0.2) is 6.07 Å². The zero-order valence-corrected chi connectivity index (χ0v) is 6.70. The molecular weight excluding hydrogens is 188 g/mol. The first-order valence-electron chi connectivity index (χ1n) is 3.53. The first kappa shape index (κ1) is 9.83. The molecule has 0 spiro atoms. The van der Waals surface area contributed by atoms with Crippen molar-refractivity contribution in [1.29, 1.82) is 0 Å². The third-order valence-electron chi connectivity index (χ3n) is 1.36. The van der Waals surface area contributed by atoms with Crippen molar-refractivity contribution < 1.29 is 22.3 Å². The molecule has 0 amide bonds. The number of halogens is 4. The second-order valence-electron chi connectivity index (χ2n) is 2.23. The summed E-state index contributed by atoms with van der Waals surface area (Å²) in [5, 5.41) is 0. The predicted molar refractivity (Wildman–Crippen MR) is 37.4 cm³/mol. The van der Waals surface area contributed by atoms with Gasteiger partial charge >= 0.3 is 0 Å². The Morgan fingerprint density at radius 2 is 1.69 bits per heavy atom. The van der Waals surface area contributed by atoms with E-state index in [-0.39, 0.29) is 12.7 Å². The fourth-order valence-electron chi connectivity index (χ4n) is 0.826. The number of benzene rings is 1. The van der Waals surface area contributed by atoms with Crippen molar-refractivity contribution in [2.45, 2.75) is 6.92 Å². The summed E-state index contributed by atoms with van der Waals surface area (Å²) >= 11 is 0. The van der Waals surface area contributed by atoms with Crippen LogP contribution < -0.4 is 4.74 Å². The van der Waals surface area contributed by atoms with Gasteiger partial charge in [0, 0.05) is 6.07 Å². The van der Waals surface area contributed by atoms with Crippen LogP contribution in [0, 0.1) is 23.3 Å². The van der Waals surface area contributed by atoms with Gasteiger partial charge in [0.15, 0.2) is 23.2 Å². The van der Waals surface area contributed by atoms with Gasteiger partial charge in [-0.15, -0.1) is 0 Å². The number of ether oxygens (including phenoxy) is 1. The molecule has 0 bridgehead atoms. The van der Waals surface area contributed by atoms with Gasteiger partial charge in [-0.3, -0.25) is 0 Å². The van der Waals surface area contributed by atoms with E-state index in [4.69, 9.17) is 0 Å². The molecule has 1 aromatic carbocycles. The van der Waals surface area contributed by atoms with E-state index in [1.165, 1.54) is 6.92 Å². The second-order valence-corrected chi connectivity index (χ2v) is 2.23. The summed E-state index contributed by atoms with van der Waals surface area (Å²) in [6.45, 7) is 1.44. The summed E-state index contributed by atoms with van der Waals surface area (Å²) in [4.78, 5) is 0. The van der Waals surface area contributed by atoms with Gasteiger partial charge in [0.2, 0.25) is 5.82 Å². The smallest absolute Gasteiger partial charge is 0.206 e. The van der Waals surface area contributed by atoms with Gasteiger partial charge in [-0.05, 0) is 6.92 Å². The van der Waals surface area contributed by atoms with Crippen LogP contribution in [0.4, 0.5) is 17.6 Å². The van der Waals surface area contributed by atoms with E-state index in [0.29, 0.717) is 0 Å². The van der Waals surface area contributed by atoms with Gasteiger partial charge in [0.05, 0.1) is 6.61 Å². The van der Waals surface area contributed by atoms with Gasteiger partial charge in [-0.25, -0.2) is 13.2 Å². The summed E-state index contributed by atoms with van der Waals surface area (Å²) in [6.07, 6.45) is 0. The minimum Gasteiger partial charge on any atom is -0.488 e. The predicted octanol–water partition coefficient (Wildman–Crippen LogP) is 2.64. The van der Waals surface area contributed by atoms with Crippen LogP contribution in [-0.2, 0) is 0 Å². The van der Waals surface area contributed by atoms with E-state index in [0.717, 1.165) is 0 Å². The van der Waals surface area contributed by atoms with Crippen LogP contribution in [0.1, 0.15) is 6.92 Å². The maximum atomic E-state index is 12.7. The van der Waals surface area contributed by atoms with Crippen molar-refractivity contribution in [3.63, 3.8) is 0 Å². The Kier molecular flexibility index (Phi) is 2.75. The molecule has 0 aliphatic heterocycles. The zero-order valence-electron chi connectivity index (χ0n) is 6.70. The average molecular weight is 194 g/mol. The number of hydrogen-bond donors (Lipinski definition) is 0. The van der Waals surface area contributed by atoms with E-state index in [1.54, 1.807) is 0 Å². The summed E-state index contributed by atoms with van der Waals surface area (Å²) < 4.78 is 54.7. The molecule has 0 fully saturated rings. The molecule has 1 rings (SSSR count). The summed E-state index contributed by atoms with van der Waals surface area (Å²) in [6, 6.07) is 0.239. The lowest BCUT2D eigenvalue weighted by molar-refractivity contribution is 0.289. The topological polar surface area (TPSA) is 9.23 Å². The normalized spacial score (nSPS) is 10.2. The van der Waals surface area contributed by atoms with Crippen LogP contribution in [0.5, 0.6) is 5.75 Å². The highest BCUT2D eigenvalue weighted by Gasteiger charge is 2.19. The second kappa shape index (κ2) is 3.64. The van der Waals surface area contributed by atoms with Crippen LogP contribution in [0.3, 0.4) is 0 Å². The zero-order chi connectivity index (χ0) is 10.0. The van der Waals surface area contributed by atoms with E-state index >= 15 is 0 Å². The molecule has 0 unspecified atom stereocenters. The highest BCUT2D eigenvalue weighted by atomic mass is 19.2. The maximum absolute atomic E-state index is 12.7. The molecule has 72 valence electrons. The molecule has 13 heavy (non-hydrogen) atoms. The van der Waals surface area contributed by atoms with Crippen LogP contribution in [-0.4, -0.2) is 6.61 Å². The molecule has 1 aromatic rings. The van der Waals surface area contributed by atoms with Crippen molar-refractivity contribution in [2.75, 3.05) is 6.61 Å². The van der Waals surface area contributed by atoms with E-state index in [2.05, 4.69) is 4.74 Å². The lowest BCUT2D eigenvalue weighted by Crippen LogP contribution is -2.02. The summed E-state index contributed by atoms with van der Waals surface area (Å²) in [5.41, 5.74) is 0. The van der Waals surface area contributed by atoms with Crippen LogP contribution >= 0.6 is 0 Å². The first-order chi connectivity index (χ1) is 6.07. The van der Waals surface area contributed by atoms with Crippen molar-refractivity contribution in [2.24, 2.45) is 0 Å². The Labute approximate surface area is 71.9 Å². The lowest BCUT2D eigenvalue weighted by Gasteiger charge is -2.06. The third-order valence-corrected chi connectivity index (χ3v) is 1.36. The lowest BCUT2D eigenvalue weighted by atomic mass is 10.3. The molecule has 0 atom stereocenters. The standard InChI is InChI=1S/C8H6F4O/c1-2-13-8-5(10)3-4(9)6(11)7(8)12/h3H,2H2,1H3. The molecule has 0 saturated carbocycles. The minimum absolute atomic E-state index is 0.0289. The number of hydrogen-bond acceptors (Lipinski definition) is 1. The van der Waals surface area contributed by atoms with Crippen molar-refractivity contribution in [1.82, 2.24) is 0 Å². The molecule has 0 aromatic heterocycles.